The molecule has 0 spiro atoms. The van der Waals surface area contributed by atoms with Gasteiger partial charge >= 0.3 is 5.97 Å². The van der Waals surface area contributed by atoms with Crippen molar-refractivity contribution in [2.45, 2.75) is 78.4 Å². The fraction of sp³-hybridized carbons (Fsp3) is 0.722. The summed E-state index contributed by atoms with van der Waals surface area (Å²) in [6.45, 7) is 26.6. The normalized spacial score (nSPS) is 14.9. The van der Waals surface area contributed by atoms with Gasteiger partial charge < -0.3 is 13.4 Å². The lowest BCUT2D eigenvalue weighted by Crippen LogP contribution is -2.60. The first-order valence-electron chi connectivity index (χ1n) is 9.11. The second kappa shape index (κ2) is 9.34. The van der Waals surface area contributed by atoms with Crippen LogP contribution >= 0.6 is 0 Å². The zero-order valence-electron chi connectivity index (χ0n) is 18.0. The van der Waals surface area contributed by atoms with E-state index in [0.717, 1.165) is 5.70 Å². The maximum Gasteiger partial charge on any atom is 0.332 e. The fourth-order valence-electron chi connectivity index (χ4n) is 3.19. The lowest BCUT2D eigenvalue weighted by molar-refractivity contribution is -0.137. The molecule has 0 aromatic rings. The van der Waals surface area contributed by atoms with Crippen molar-refractivity contribution >= 4 is 30.8 Å². The summed E-state index contributed by atoms with van der Waals surface area (Å²) in [6.07, 6.45) is 4.11. The topological polar surface area (TPSA) is 38.8 Å². The van der Waals surface area contributed by atoms with E-state index in [-0.39, 0.29) is 12.1 Å². The molecule has 0 heterocycles. The van der Waals surface area contributed by atoms with Gasteiger partial charge in [0.1, 0.15) is 16.5 Å². The van der Waals surface area contributed by atoms with Crippen LogP contribution in [-0.4, -0.2) is 47.7 Å². The zero-order valence-corrected chi connectivity index (χ0v) is 21.0. The van der Waals surface area contributed by atoms with Gasteiger partial charge in [-0.2, -0.15) is 0 Å². The Morgan fingerprint density at radius 3 is 1.84 bits per heavy atom. The van der Waals surface area contributed by atoms with E-state index in [1.54, 1.807) is 6.08 Å². The number of rotatable bonds is 10. The molecule has 0 aromatic carbocycles. The lowest BCUT2D eigenvalue weighted by atomic mass is 10.2. The first kappa shape index (κ1) is 24.4. The Bertz CT molecular complexity index is 471. The minimum Gasteiger partial charge on any atom is -0.463 e. The molecular formula is C18H39NO3Si3. The zero-order chi connectivity index (χ0) is 20.1. The van der Waals surface area contributed by atoms with Crippen molar-refractivity contribution < 1.29 is 14.0 Å². The highest BCUT2D eigenvalue weighted by molar-refractivity contribution is 6.90. The standard InChI is InChI=1S/C18H39NO3Si3/c1-12-14-17(22-25(9,10)11)16(15-18(20)21-13-2)19(23(3,4)5)24(6,7)8/h12,15,17H,1,13-14H2,2-11H3/b16-15-. The first-order valence-corrected chi connectivity index (χ1v) is 19.4. The predicted octanol–water partition coefficient (Wildman–Crippen LogP) is 5.20. The summed E-state index contributed by atoms with van der Waals surface area (Å²) in [5.74, 6) is -0.285. The average Bonchev–Trinajstić information content (AvgIpc) is 2.32. The summed E-state index contributed by atoms with van der Waals surface area (Å²) in [7, 11) is -5.23. The van der Waals surface area contributed by atoms with Gasteiger partial charge in [-0.3, -0.25) is 0 Å². The number of esters is 1. The summed E-state index contributed by atoms with van der Waals surface area (Å²) in [6, 6.07) is 0. The molecule has 4 nitrogen and oxygen atoms in total. The van der Waals surface area contributed by atoms with Crippen LogP contribution in [0.15, 0.2) is 24.4 Å². The van der Waals surface area contributed by atoms with E-state index in [0.29, 0.717) is 13.0 Å². The quantitative estimate of drug-likeness (QED) is 0.218. The Morgan fingerprint density at radius 1 is 1.04 bits per heavy atom. The van der Waals surface area contributed by atoms with E-state index >= 15 is 0 Å². The molecule has 1 unspecified atom stereocenters. The van der Waals surface area contributed by atoms with E-state index in [2.05, 4.69) is 69.7 Å². The highest BCUT2D eigenvalue weighted by atomic mass is 28.4. The maximum atomic E-state index is 12.3. The molecule has 0 aliphatic rings. The lowest BCUT2D eigenvalue weighted by Gasteiger charge is -2.49. The van der Waals surface area contributed by atoms with Crippen LogP contribution in [0.1, 0.15) is 13.3 Å². The van der Waals surface area contributed by atoms with Crippen LogP contribution in [0.25, 0.3) is 0 Å². The van der Waals surface area contributed by atoms with Crippen LogP contribution in [0.5, 0.6) is 0 Å². The molecule has 0 saturated heterocycles. The second-order valence-electron chi connectivity index (χ2n) is 9.24. The van der Waals surface area contributed by atoms with Gasteiger partial charge in [0.25, 0.3) is 0 Å². The van der Waals surface area contributed by atoms with Crippen molar-refractivity contribution in [3.63, 3.8) is 0 Å². The molecule has 0 amide bonds. The van der Waals surface area contributed by atoms with Crippen molar-refractivity contribution in [1.82, 2.24) is 4.23 Å². The Labute approximate surface area is 158 Å². The summed E-state index contributed by atoms with van der Waals surface area (Å²) in [4.78, 5) is 12.3. The average molecular weight is 402 g/mol. The van der Waals surface area contributed by atoms with Crippen molar-refractivity contribution in [1.29, 1.82) is 0 Å². The third-order valence-corrected chi connectivity index (χ3v) is 11.6. The summed E-state index contributed by atoms with van der Waals surface area (Å²) in [5, 5.41) is 0. The Balaban J connectivity index is 6.29. The van der Waals surface area contributed by atoms with Crippen LogP contribution in [-0.2, 0) is 14.0 Å². The third kappa shape index (κ3) is 9.03. The number of hydrogen-bond donors (Lipinski definition) is 0. The van der Waals surface area contributed by atoms with Crippen molar-refractivity contribution in [3.05, 3.63) is 24.4 Å². The van der Waals surface area contributed by atoms with E-state index in [9.17, 15) is 4.79 Å². The summed E-state index contributed by atoms with van der Waals surface area (Å²) < 4.78 is 14.3. The van der Waals surface area contributed by atoms with E-state index in [1.807, 2.05) is 13.0 Å². The molecule has 0 bridgehead atoms. The Hall–Kier alpha value is -0.639. The molecule has 0 aliphatic carbocycles. The van der Waals surface area contributed by atoms with Crippen LogP contribution in [0.3, 0.4) is 0 Å². The first-order chi connectivity index (χ1) is 11.1. The molecule has 0 N–H and O–H groups in total. The molecule has 0 rings (SSSR count). The number of hydrogen-bond acceptors (Lipinski definition) is 4. The van der Waals surface area contributed by atoms with Crippen LogP contribution in [0, 0.1) is 0 Å². The molecule has 0 saturated carbocycles. The smallest absolute Gasteiger partial charge is 0.332 e. The number of carbonyl (C=O) groups is 1. The molecule has 0 aliphatic heterocycles. The molecule has 0 radical (unpaired) electrons. The monoisotopic (exact) mass is 401 g/mol. The van der Waals surface area contributed by atoms with Gasteiger partial charge in [0, 0.05) is 11.8 Å². The Morgan fingerprint density at radius 2 is 1.52 bits per heavy atom. The van der Waals surface area contributed by atoms with Crippen molar-refractivity contribution in [2.24, 2.45) is 0 Å². The number of nitrogens with zero attached hydrogens (tertiary/aromatic N) is 1. The summed E-state index contributed by atoms with van der Waals surface area (Å²) >= 11 is 0. The molecule has 0 aromatic heterocycles. The largest absolute Gasteiger partial charge is 0.463 e. The SMILES string of the molecule is C=CCC(O[Si](C)(C)C)/C(=C/C(=O)OCC)N([Si](C)(C)C)[Si](C)(C)C. The van der Waals surface area contributed by atoms with E-state index < -0.39 is 24.8 Å². The van der Waals surface area contributed by atoms with Crippen molar-refractivity contribution in [2.75, 3.05) is 6.61 Å². The van der Waals surface area contributed by atoms with Gasteiger partial charge in [-0.05, 0) is 33.0 Å². The van der Waals surface area contributed by atoms with Gasteiger partial charge in [0.2, 0.25) is 0 Å². The molecule has 1 atom stereocenters. The number of carbonyl (C=O) groups excluding carboxylic acids is 1. The molecule has 7 heteroatoms. The van der Waals surface area contributed by atoms with Crippen LogP contribution in [0.2, 0.25) is 58.9 Å². The third-order valence-electron chi connectivity index (χ3n) is 3.36. The second-order valence-corrected chi connectivity index (χ2v) is 23.7. The van der Waals surface area contributed by atoms with Gasteiger partial charge in [-0.15, -0.1) is 6.58 Å². The summed E-state index contributed by atoms with van der Waals surface area (Å²) in [5.41, 5.74) is 0.985. The minimum absolute atomic E-state index is 0.146. The highest BCUT2D eigenvalue weighted by Gasteiger charge is 2.39. The Kier molecular flexibility index (Phi) is 9.10. The number of ether oxygens (including phenoxy) is 1. The van der Waals surface area contributed by atoms with E-state index in [1.165, 1.54) is 0 Å². The van der Waals surface area contributed by atoms with Crippen molar-refractivity contribution in [3.8, 4) is 0 Å². The van der Waals surface area contributed by atoms with Gasteiger partial charge in [0.15, 0.2) is 8.32 Å². The van der Waals surface area contributed by atoms with E-state index in [4.69, 9.17) is 9.16 Å². The fourth-order valence-corrected chi connectivity index (χ4v) is 14.3. The van der Waals surface area contributed by atoms with Crippen LogP contribution < -0.4 is 0 Å². The molecule has 25 heavy (non-hydrogen) atoms. The van der Waals surface area contributed by atoms with Gasteiger partial charge in [-0.1, -0.05) is 45.4 Å². The molecule has 0 fully saturated rings. The van der Waals surface area contributed by atoms with Gasteiger partial charge in [-0.25, -0.2) is 4.79 Å². The maximum absolute atomic E-state index is 12.3. The minimum atomic E-state index is -1.79. The highest BCUT2D eigenvalue weighted by Crippen LogP contribution is 2.31. The molecular weight excluding hydrogens is 362 g/mol. The molecule has 146 valence electrons. The van der Waals surface area contributed by atoms with Gasteiger partial charge in [0.05, 0.1) is 12.7 Å². The predicted molar refractivity (Wildman–Crippen MR) is 116 cm³/mol. The van der Waals surface area contributed by atoms with Crippen LogP contribution in [0.4, 0.5) is 0 Å².